The van der Waals surface area contributed by atoms with Crippen molar-refractivity contribution in [2.24, 2.45) is 5.41 Å². The topological polar surface area (TPSA) is 79.9 Å². The third-order valence-electron chi connectivity index (χ3n) is 7.26. The second-order valence-electron chi connectivity index (χ2n) is 9.43. The largest absolute Gasteiger partial charge is 0.496 e. The van der Waals surface area contributed by atoms with Gasteiger partial charge in [0.25, 0.3) is 0 Å². The summed E-state index contributed by atoms with van der Waals surface area (Å²) in [5.74, 6) is 1.45. The number of rotatable bonds is 5. The minimum atomic E-state index is -0.474. The molecule has 1 saturated carbocycles. The number of methoxy groups -OCH3 is 2. The van der Waals surface area contributed by atoms with Gasteiger partial charge in [-0.3, -0.25) is 4.79 Å². The van der Waals surface area contributed by atoms with Crippen molar-refractivity contribution < 1.29 is 19.1 Å². The van der Waals surface area contributed by atoms with Crippen LogP contribution in [-0.4, -0.2) is 37.1 Å². The summed E-state index contributed by atoms with van der Waals surface area (Å²) in [6.07, 6.45) is 3.01. The highest BCUT2D eigenvalue weighted by atomic mass is 16.5. The highest BCUT2D eigenvalue weighted by molar-refractivity contribution is 5.96. The molecular weight excluding hydrogens is 418 g/mol. The normalized spacial score (nSPS) is 22.3. The van der Waals surface area contributed by atoms with E-state index in [0.717, 1.165) is 59.5 Å². The number of anilines is 2. The average molecular weight is 452 g/mol. The van der Waals surface area contributed by atoms with Gasteiger partial charge in [-0.1, -0.05) is 19.1 Å². The van der Waals surface area contributed by atoms with Crippen LogP contribution in [0.15, 0.2) is 30.3 Å². The zero-order chi connectivity index (χ0) is 23.8. The fourth-order valence-electron chi connectivity index (χ4n) is 4.92. The molecule has 0 unspecified atom stereocenters. The van der Waals surface area contributed by atoms with E-state index in [4.69, 9.17) is 9.47 Å². The van der Waals surface area contributed by atoms with E-state index >= 15 is 0 Å². The highest BCUT2D eigenvalue weighted by Crippen LogP contribution is 2.42. The van der Waals surface area contributed by atoms with Gasteiger partial charge >= 0.3 is 6.03 Å². The van der Waals surface area contributed by atoms with Crippen LogP contribution in [-0.2, 0) is 11.3 Å². The number of aryl methyl sites for hydroxylation is 2. The fourth-order valence-corrected chi connectivity index (χ4v) is 4.92. The van der Waals surface area contributed by atoms with Crippen molar-refractivity contribution in [3.05, 3.63) is 47.0 Å². The van der Waals surface area contributed by atoms with E-state index in [-0.39, 0.29) is 18.0 Å². The van der Waals surface area contributed by atoms with Crippen molar-refractivity contribution in [3.8, 4) is 11.5 Å². The first-order valence-corrected chi connectivity index (χ1v) is 11.5. The molecule has 0 radical (unpaired) electrons. The van der Waals surface area contributed by atoms with E-state index < -0.39 is 5.41 Å². The summed E-state index contributed by atoms with van der Waals surface area (Å²) in [6, 6.07) is 9.61. The van der Waals surface area contributed by atoms with Crippen molar-refractivity contribution >= 4 is 23.3 Å². The minimum Gasteiger partial charge on any atom is -0.496 e. The third-order valence-corrected chi connectivity index (χ3v) is 7.26. The first kappa shape index (κ1) is 23.0. The Balaban J connectivity index is 1.43. The molecule has 2 aliphatic rings. The molecule has 2 aromatic rings. The van der Waals surface area contributed by atoms with Crippen LogP contribution in [0, 0.1) is 19.3 Å². The lowest BCUT2D eigenvalue weighted by atomic mass is 9.72. The number of benzene rings is 2. The van der Waals surface area contributed by atoms with Crippen molar-refractivity contribution in [1.82, 2.24) is 4.90 Å². The Morgan fingerprint density at radius 2 is 1.73 bits per heavy atom. The quantitative estimate of drug-likeness (QED) is 0.650. The van der Waals surface area contributed by atoms with Gasteiger partial charge in [0.05, 0.1) is 26.5 Å². The van der Waals surface area contributed by atoms with Crippen LogP contribution in [0.3, 0.4) is 0 Å². The van der Waals surface area contributed by atoms with Crippen LogP contribution in [0.5, 0.6) is 11.5 Å². The van der Waals surface area contributed by atoms with Crippen molar-refractivity contribution in [2.75, 3.05) is 24.9 Å². The zero-order valence-electron chi connectivity index (χ0n) is 20.1. The Morgan fingerprint density at radius 3 is 2.39 bits per heavy atom. The van der Waals surface area contributed by atoms with Gasteiger partial charge in [-0.05, 0) is 62.8 Å². The molecule has 3 amide bonds. The summed E-state index contributed by atoms with van der Waals surface area (Å²) in [5.41, 5.74) is 4.28. The zero-order valence-corrected chi connectivity index (χ0v) is 20.1. The molecule has 7 heteroatoms. The predicted octanol–water partition coefficient (Wildman–Crippen LogP) is 5.26. The molecular formula is C26H33N3O4. The van der Waals surface area contributed by atoms with Gasteiger partial charge in [-0.15, -0.1) is 0 Å². The van der Waals surface area contributed by atoms with Gasteiger partial charge in [0.2, 0.25) is 5.91 Å². The monoisotopic (exact) mass is 451 g/mol. The summed E-state index contributed by atoms with van der Waals surface area (Å²) >= 11 is 0. The van der Waals surface area contributed by atoms with E-state index in [2.05, 4.69) is 17.6 Å². The molecule has 4 rings (SSSR count). The molecule has 0 bridgehead atoms. The molecule has 7 nitrogen and oxygen atoms in total. The molecule has 2 aromatic carbocycles. The maximum atomic E-state index is 13.1. The predicted molar refractivity (Wildman–Crippen MR) is 129 cm³/mol. The number of carbonyl (C=O) groups excluding carboxylic acids is 2. The summed E-state index contributed by atoms with van der Waals surface area (Å²) in [4.78, 5) is 28.0. The number of hydrogen-bond acceptors (Lipinski definition) is 4. The van der Waals surface area contributed by atoms with Crippen LogP contribution >= 0.6 is 0 Å². The lowest BCUT2D eigenvalue weighted by Gasteiger charge is -2.42. The number of urea groups is 1. The molecule has 1 fully saturated rings. The summed E-state index contributed by atoms with van der Waals surface area (Å²) in [5, 5.41) is 6.09. The van der Waals surface area contributed by atoms with Gasteiger partial charge in [0.15, 0.2) is 0 Å². The molecule has 2 N–H and O–H groups in total. The minimum absolute atomic E-state index is 0.0147. The Labute approximate surface area is 195 Å². The third kappa shape index (κ3) is 4.36. The maximum absolute atomic E-state index is 13.1. The van der Waals surface area contributed by atoms with E-state index in [9.17, 15) is 9.59 Å². The van der Waals surface area contributed by atoms with Gasteiger partial charge in [0, 0.05) is 28.8 Å². The Hall–Kier alpha value is -3.22. The standard InChI is InChI=1S/C26H33N3O4/c1-16-7-9-21(32-4)23-20(16)15-29(25(31)28-23)19-10-12-26(3,13-11-19)24(30)27-18-8-6-17(2)22(14-18)33-5/h6-9,14,19H,10-13,15H2,1-5H3,(H,27,30)(H,28,31). The number of amides is 3. The Bertz CT molecular complexity index is 1070. The number of fused-ring (bicyclic) bond motifs is 1. The van der Waals surface area contributed by atoms with Crippen LogP contribution in [0.1, 0.15) is 49.3 Å². The summed E-state index contributed by atoms with van der Waals surface area (Å²) < 4.78 is 10.8. The maximum Gasteiger partial charge on any atom is 0.322 e. The average Bonchev–Trinajstić information content (AvgIpc) is 2.81. The lowest BCUT2D eigenvalue weighted by Crippen LogP contribution is -2.49. The number of ether oxygens (including phenoxy) is 2. The van der Waals surface area contributed by atoms with Crippen molar-refractivity contribution in [1.29, 1.82) is 0 Å². The summed E-state index contributed by atoms with van der Waals surface area (Å²) in [7, 11) is 3.24. The smallest absolute Gasteiger partial charge is 0.322 e. The van der Waals surface area contributed by atoms with Crippen LogP contribution in [0.4, 0.5) is 16.2 Å². The molecule has 1 aliphatic heterocycles. The van der Waals surface area contributed by atoms with Crippen LogP contribution < -0.4 is 20.1 Å². The molecule has 0 saturated heterocycles. The highest BCUT2D eigenvalue weighted by Gasteiger charge is 2.41. The van der Waals surface area contributed by atoms with E-state index in [1.54, 1.807) is 14.2 Å². The fraction of sp³-hybridized carbons (Fsp3) is 0.462. The Kier molecular flexibility index (Phi) is 6.23. The van der Waals surface area contributed by atoms with Crippen LogP contribution in [0.25, 0.3) is 0 Å². The molecule has 1 heterocycles. The van der Waals surface area contributed by atoms with Crippen LogP contribution in [0.2, 0.25) is 0 Å². The van der Waals surface area contributed by atoms with E-state index in [0.29, 0.717) is 12.3 Å². The van der Waals surface area contributed by atoms with Crippen molar-refractivity contribution in [3.63, 3.8) is 0 Å². The second kappa shape index (κ2) is 8.96. The molecule has 0 aromatic heterocycles. The van der Waals surface area contributed by atoms with Gasteiger partial charge < -0.3 is 25.0 Å². The first-order valence-electron chi connectivity index (χ1n) is 11.5. The lowest BCUT2D eigenvalue weighted by molar-refractivity contribution is -0.126. The number of carbonyl (C=O) groups is 2. The van der Waals surface area contributed by atoms with Gasteiger partial charge in [-0.25, -0.2) is 4.79 Å². The number of hydrogen-bond donors (Lipinski definition) is 2. The van der Waals surface area contributed by atoms with E-state index in [1.807, 2.05) is 49.1 Å². The molecule has 1 aliphatic carbocycles. The molecule has 33 heavy (non-hydrogen) atoms. The SMILES string of the molecule is COc1cc(NC(=O)C2(C)CCC(N3Cc4c(C)ccc(OC)c4NC3=O)CC2)ccc1C. The molecule has 176 valence electrons. The van der Waals surface area contributed by atoms with Gasteiger partial charge in [-0.2, -0.15) is 0 Å². The first-order chi connectivity index (χ1) is 15.8. The Morgan fingerprint density at radius 1 is 1.06 bits per heavy atom. The van der Waals surface area contributed by atoms with Crippen molar-refractivity contribution in [2.45, 2.75) is 59.0 Å². The molecule has 0 spiro atoms. The van der Waals surface area contributed by atoms with Gasteiger partial charge in [0.1, 0.15) is 11.5 Å². The number of nitrogens with one attached hydrogen (secondary N) is 2. The second-order valence-corrected chi connectivity index (χ2v) is 9.43. The molecule has 0 atom stereocenters. The van der Waals surface area contributed by atoms with E-state index in [1.165, 1.54) is 0 Å². The summed E-state index contributed by atoms with van der Waals surface area (Å²) in [6.45, 7) is 6.60. The number of nitrogens with zero attached hydrogens (tertiary/aromatic N) is 1.